The van der Waals surface area contributed by atoms with E-state index in [1.807, 2.05) is 67.7 Å². The second-order valence-electron chi connectivity index (χ2n) is 6.59. The van der Waals surface area contributed by atoms with Crippen LogP contribution in [0.3, 0.4) is 0 Å². The largest absolute Gasteiger partial charge is 0.352 e. The van der Waals surface area contributed by atoms with Gasteiger partial charge < -0.3 is 5.32 Å². The first-order chi connectivity index (χ1) is 12.1. The summed E-state index contributed by atoms with van der Waals surface area (Å²) in [7, 11) is 0. The van der Waals surface area contributed by atoms with Gasteiger partial charge in [-0.25, -0.2) is 4.68 Å². The molecule has 4 nitrogen and oxygen atoms in total. The van der Waals surface area contributed by atoms with Crippen LogP contribution in [0.5, 0.6) is 0 Å². The van der Waals surface area contributed by atoms with E-state index in [4.69, 9.17) is 5.10 Å². The molecule has 3 rings (SSSR count). The van der Waals surface area contributed by atoms with Gasteiger partial charge in [0, 0.05) is 18.3 Å². The number of benzene rings is 2. The highest BCUT2D eigenvalue weighted by Crippen LogP contribution is 2.26. The Bertz CT molecular complexity index is 866. The van der Waals surface area contributed by atoms with Crippen LogP contribution in [0, 0.1) is 12.8 Å². The number of carbonyl (C=O) groups is 1. The lowest BCUT2D eigenvalue weighted by atomic mass is 10.0. The van der Waals surface area contributed by atoms with Gasteiger partial charge >= 0.3 is 0 Å². The fraction of sp³-hybridized carbons (Fsp3) is 0.238. The molecule has 0 saturated carbocycles. The van der Waals surface area contributed by atoms with Crippen molar-refractivity contribution in [3.05, 3.63) is 71.9 Å². The van der Waals surface area contributed by atoms with E-state index in [2.05, 4.69) is 19.2 Å². The van der Waals surface area contributed by atoms with E-state index in [0.717, 1.165) is 16.8 Å². The molecule has 0 aliphatic rings. The van der Waals surface area contributed by atoms with Crippen molar-refractivity contribution in [2.24, 2.45) is 5.92 Å². The van der Waals surface area contributed by atoms with E-state index in [9.17, 15) is 4.79 Å². The molecular weight excluding hydrogens is 310 g/mol. The number of hydrogen-bond donors (Lipinski definition) is 1. The van der Waals surface area contributed by atoms with Crippen LogP contribution in [-0.2, 0) is 0 Å². The molecule has 0 radical (unpaired) electrons. The summed E-state index contributed by atoms with van der Waals surface area (Å²) in [6, 6.07) is 17.8. The monoisotopic (exact) mass is 333 g/mol. The quantitative estimate of drug-likeness (QED) is 0.759. The second kappa shape index (κ2) is 7.34. The molecule has 1 N–H and O–H groups in total. The van der Waals surface area contributed by atoms with Crippen molar-refractivity contribution in [2.45, 2.75) is 20.8 Å². The first-order valence-corrected chi connectivity index (χ1v) is 8.55. The highest BCUT2D eigenvalue weighted by molar-refractivity contribution is 6.00. The van der Waals surface area contributed by atoms with Crippen molar-refractivity contribution >= 4 is 5.91 Å². The zero-order valence-corrected chi connectivity index (χ0v) is 14.9. The van der Waals surface area contributed by atoms with E-state index in [1.54, 1.807) is 4.68 Å². The standard InChI is InChI=1S/C21H23N3O/c1-15(2)13-22-21(25)19-14-24(17-10-5-4-6-11-17)23-20(19)18-12-8-7-9-16(18)3/h4-12,14-15H,13H2,1-3H3,(H,22,25). The van der Waals surface area contributed by atoms with Crippen LogP contribution >= 0.6 is 0 Å². The highest BCUT2D eigenvalue weighted by atomic mass is 16.1. The summed E-state index contributed by atoms with van der Waals surface area (Å²) < 4.78 is 1.77. The van der Waals surface area contributed by atoms with Crippen LogP contribution in [0.4, 0.5) is 0 Å². The molecule has 0 bridgehead atoms. The smallest absolute Gasteiger partial charge is 0.255 e. The number of nitrogens with one attached hydrogen (secondary N) is 1. The predicted molar refractivity (Wildman–Crippen MR) is 101 cm³/mol. The Morgan fingerprint density at radius 3 is 2.44 bits per heavy atom. The van der Waals surface area contributed by atoms with Crippen molar-refractivity contribution in [3.8, 4) is 16.9 Å². The van der Waals surface area contributed by atoms with Gasteiger partial charge in [-0.15, -0.1) is 0 Å². The Balaban J connectivity index is 2.07. The van der Waals surface area contributed by atoms with Crippen molar-refractivity contribution in [2.75, 3.05) is 6.54 Å². The molecule has 0 unspecified atom stereocenters. The van der Waals surface area contributed by atoms with Gasteiger partial charge in [0.25, 0.3) is 5.91 Å². The second-order valence-corrected chi connectivity index (χ2v) is 6.59. The Hall–Kier alpha value is -2.88. The first-order valence-electron chi connectivity index (χ1n) is 8.55. The third-order valence-corrected chi connectivity index (χ3v) is 4.05. The Morgan fingerprint density at radius 2 is 1.76 bits per heavy atom. The summed E-state index contributed by atoms with van der Waals surface area (Å²) in [4.78, 5) is 12.7. The maximum Gasteiger partial charge on any atom is 0.255 e. The van der Waals surface area contributed by atoms with Crippen molar-refractivity contribution in [1.29, 1.82) is 0 Å². The molecule has 0 fully saturated rings. The summed E-state index contributed by atoms with van der Waals surface area (Å²) in [5, 5.41) is 7.72. The molecular formula is C21H23N3O. The maximum atomic E-state index is 12.7. The van der Waals surface area contributed by atoms with Gasteiger partial charge in [-0.1, -0.05) is 56.3 Å². The van der Waals surface area contributed by atoms with Gasteiger partial charge in [0.05, 0.1) is 11.3 Å². The Labute approximate surface area is 148 Å². The summed E-state index contributed by atoms with van der Waals surface area (Å²) >= 11 is 0. The zero-order valence-electron chi connectivity index (χ0n) is 14.9. The summed E-state index contributed by atoms with van der Waals surface area (Å²) in [6.07, 6.45) is 1.81. The van der Waals surface area contributed by atoms with Crippen molar-refractivity contribution in [1.82, 2.24) is 15.1 Å². The van der Waals surface area contributed by atoms with Gasteiger partial charge in [0.15, 0.2) is 0 Å². The van der Waals surface area contributed by atoms with Crippen LogP contribution in [0.25, 0.3) is 16.9 Å². The molecule has 0 aliphatic carbocycles. The lowest BCUT2D eigenvalue weighted by molar-refractivity contribution is 0.0949. The molecule has 1 aromatic heterocycles. The molecule has 1 amide bonds. The summed E-state index contributed by atoms with van der Waals surface area (Å²) in [5.74, 6) is 0.309. The van der Waals surface area contributed by atoms with Crippen LogP contribution in [0.2, 0.25) is 0 Å². The minimum Gasteiger partial charge on any atom is -0.352 e. The van der Waals surface area contributed by atoms with Gasteiger partial charge in [-0.05, 0) is 30.5 Å². The number of aryl methyl sites for hydroxylation is 1. The molecule has 3 aromatic rings. The average Bonchev–Trinajstić information content (AvgIpc) is 3.06. The number of amides is 1. The maximum absolute atomic E-state index is 12.7. The molecule has 0 aliphatic heterocycles. The molecule has 0 saturated heterocycles. The van der Waals surface area contributed by atoms with E-state index in [1.165, 1.54) is 0 Å². The van der Waals surface area contributed by atoms with Gasteiger partial charge in [0.2, 0.25) is 0 Å². The molecule has 1 heterocycles. The number of para-hydroxylation sites is 1. The lowest BCUT2D eigenvalue weighted by Gasteiger charge is -2.08. The van der Waals surface area contributed by atoms with E-state index in [-0.39, 0.29) is 5.91 Å². The number of nitrogens with zero attached hydrogens (tertiary/aromatic N) is 2. The van der Waals surface area contributed by atoms with E-state index >= 15 is 0 Å². The SMILES string of the molecule is Cc1ccccc1-c1nn(-c2ccccc2)cc1C(=O)NCC(C)C. The van der Waals surface area contributed by atoms with E-state index in [0.29, 0.717) is 23.7 Å². The molecule has 2 aromatic carbocycles. The van der Waals surface area contributed by atoms with Crippen molar-refractivity contribution < 1.29 is 4.79 Å². The minimum atomic E-state index is -0.0888. The fourth-order valence-electron chi connectivity index (χ4n) is 2.68. The molecule has 4 heteroatoms. The van der Waals surface area contributed by atoms with E-state index < -0.39 is 0 Å². The number of carbonyl (C=O) groups excluding carboxylic acids is 1. The highest BCUT2D eigenvalue weighted by Gasteiger charge is 2.19. The third kappa shape index (κ3) is 3.79. The lowest BCUT2D eigenvalue weighted by Crippen LogP contribution is -2.27. The van der Waals surface area contributed by atoms with Crippen LogP contribution in [-0.4, -0.2) is 22.2 Å². The predicted octanol–water partition coefficient (Wildman–Crippen LogP) is 4.23. The molecule has 25 heavy (non-hydrogen) atoms. The van der Waals surface area contributed by atoms with Gasteiger partial charge in [-0.3, -0.25) is 4.79 Å². The topological polar surface area (TPSA) is 46.9 Å². The zero-order chi connectivity index (χ0) is 17.8. The third-order valence-electron chi connectivity index (χ3n) is 4.05. The molecule has 0 spiro atoms. The van der Waals surface area contributed by atoms with Crippen LogP contribution in [0.15, 0.2) is 60.8 Å². The molecule has 128 valence electrons. The summed E-state index contributed by atoms with van der Waals surface area (Å²) in [6.45, 7) is 6.83. The molecule has 0 atom stereocenters. The normalized spacial score (nSPS) is 10.9. The first kappa shape index (κ1) is 17.0. The van der Waals surface area contributed by atoms with Crippen LogP contribution < -0.4 is 5.32 Å². The minimum absolute atomic E-state index is 0.0888. The number of aromatic nitrogens is 2. The Morgan fingerprint density at radius 1 is 1.08 bits per heavy atom. The number of hydrogen-bond acceptors (Lipinski definition) is 2. The van der Waals surface area contributed by atoms with Gasteiger partial charge in [-0.2, -0.15) is 5.10 Å². The average molecular weight is 333 g/mol. The fourth-order valence-corrected chi connectivity index (χ4v) is 2.68. The van der Waals surface area contributed by atoms with Crippen molar-refractivity contribution in [3.63, 3.8) is 0 Å². The Kier molecular flexibility index (Phi) is 4.98. The number of rotatable bonds is 5. The summed E-state index contributed by atoms with van der Waals surface area (Å²) in [5.41, 5.74) is 4.31. The van der Waals surface area contributed by atoms with Crippen LogP contribution in [0.1, 0.15) is 29.8 Å². The van der Waals surface area contributed by atoms with Gasteiger partial charge in [0.1, 0.15) is 5.69 Å².